The first-order valence-corrected chi connectivity index (χ1v) is 7.25. The predicted molar refractivity (Wildman–Crippen MR) is 88.7 cm³/mol. The average molecular weight is 355 g/mol. The summed E-state index contributed by atoms with van der Waals surface area (Å²) in [4.78, 5) is 17.8. The van der Waals surface area contributed by atoms with Crippen LogP contribution < -0.4 is 15.6 Å². The Labute approximate surface area is 134 Å². The third-order valence-corrected chi connectivity index (χ3v) is 2.99. The molecular weight excluding hydrogens is 338 g/mol. The summed E-state index contributed by atoms with van der Waals surface area (Å²) in [5, 5.41) is 4.61. The lowest BCUT2D eigenvalue weighted by Gasteiger charge is -2.13. The minimum atomic E-state index is -4.57. The van der Waals surface area contributed by atoms with Gasteiger partial charge in [0.25, 0.3) is 0 Å². The second-order valence-electron chi connectivity index (χ2n) is 3.95. The zero-order valence-electron chi connectivity index (χ0n) is 10.9. The summed E-state index contributed by atoms with van der Waals surface area (Å²) in [5.41, 5.74) is 6.29. The number of phosphoric ester groups is 1. The predicted octanol–water partition coefficient (Wildman–Crippen LogP) is 2.53. The maximum atomic E-state index is 10.9. The highest BCUT2D eigenvalue weighted by Crippen LogP contribution is 2.41. The van der Waals surface area contributed by atoms with Crippen LogP contribution in [0.3, 0.4) is 0 Å². The molecule has 0 spiro atoms. The SMILES string of the molecule is Cl.Cl.NCCNc1cccc2c(OP(=O)(O)O)cccc12. The fourth-order valence-corrected chi connectivity index (χ4v) is 2.27. The maximum Gasteiger partial charge on any atom is 0.524 e. The molecule has 0 saturated heterocycles. The largest absolute Gasteiger partial charge is 0.524 e. The Bertz CT molecular complexity index is 636. The number of anilines is 1. The van der Waals surface area contributed by atoms with Gasteiger partial charge in [-0.25, -0.2) is 4.57 Å². The lowest BCUT2D eigenvalue weighted by molar-refractivity contribution is 0.284. The second kappa shape index (κ2) is 8.44. The van der Waals surface area contributed by atoms with E-state index in [-0.39, 0.29) is 30.6 Å². The quantitative estimate of drug-likeness (QED) is 0.615. The van der Waals surface area contributed by atoms with Gasteiger partial charge in [-0.15, -0.1) is 24.8 Å². The number of nitrogens with two attached hydrogens (primary N) is 1. The van der Waals surface area contributed by atoms with Gasteiger partial charge in [0.05, 0.1) is 0 Å². The molecule has 0 heterocycles. The van der Waals surface area contributed by atoms with Crippen LogP contribution in [-0.2, 0) is 4.57 Å². The highest BCUT2D eigenvalue weighted by molar-refractivity contribution is 7.46. The summed E-state index contributed by atoms with van der Waals surface area (Å²) < 4.78 is 15.6. The highest BCUT2D eigenvalue weighted by atomic mass is 35.5. The van der Waals surface area contributed by atoms with Gasteiger partial charge in [0, 0.05) is 29.5 Å². The number of rotatable bonds is 5. The van der Waals surface area contributed by atoms with Crippen LogP contribution in [0.4, 0.5) is 5.69 Å². The van der Waals surface area contributed by atoms with Crippen molar-refractivity contribution < 1.29 is 18.9 Å². The molecule has 0 fully saturated rings. The second-order valence-corrected chi connectivity index (χ2v) is 5.12. The molecule has 0 atom stereocenters. The van der Waals surface area contributed by atoms with Crippen molar-refractivity contribution in [3.05, 3.63) is 36.4 Å². The summed E-state index contributed by atoms with van der Waals surface area (Å²) in [6.07, 6.45) is 0. The smallest absolute Gasteiger partial charge is 0.404 e. The lowest BCUT2D eigenvalue weighted by atomic mass is 10.1. The van der Waals surface area contributed by atoms with Gasteiger partial charge in [0.2, 0.25) is 0 Å². The van der Waals surface area contributed by atoms with Gasteiger partial charge < -0.3 is 15.6 Å². The summed E-state index contributed by atoms with van der Waals surface area (Å²) in [6, 6.07) is 10.5. The van der Waals surface area contributed by atoms with E-state index in [2.05, 4.69) is 9.84 Å². The molecule has 0 radical (unpaired) electrons. The van der Waals surface area contributed by atoms with Gasteiger partial charge >= 0.3 is 7.82 Å². The van der Waals surface area contributed by atoms with Crippen LogP contribution in [0.25, 0.3) is 10.8 Å². The van der Waals surface area contributed by atoms with Crippen molar-refractivity contribution in [1.29, 1.82) is 0 Å². The Morgan fingerprint density at radius 3 is 2.33 bits per heavy atom. The molecule has 0 aliphatic rings. The van der Waals surface area contributed by atoms with Crippen LogP contribution in [0.5, 0.6) is 5.75 Å². The molecule has 0 unspecified atom stereocenters. The van der Waals surface area contributed by atoms with Gasteiger partial charge in [0.15, 0.2) is 0 Å². The van der Waals surface area contributed by atoms with Crippen LogP contribution in [0.2, 0.25) is 0 Å². The van der Waals surface area contributed by atoms with E-state index in [9.17, 15) is 4.57 Å². The van der Waals surface area contributed by atoms with E-state index in [0.717, 1.165) is 11.1 Å². The van der Waals surface area contributed by atoms with Crippen LogP contribution in [0.15, 0.2) is 36.4 Å². The fraction of sp³-hybridized carbons (Fsp3) is 0.167. The van der Waals surface area contributed by atoms with E-state index in [0.29, 0.717) is 18.5 Å². The molecule has 0 aromatic heterocycles. The number of hydrogen-bond donors (Lipinski definition) is 4. The summed E-state index contributed by atoms with van der Waals surface area (Å²) in [6.45, 7) is 1.11. The first kappa shape index (κ1) is 20.0. The Hall–Kier alpha value is -1.01. The minimum Gasteiger partial charge on any atom is -0.404 e. The van der Waals surface area contributed by atoms with E-state index in [1.807, 2.05) is 12.1 Å². The van der Waals surface area contributed by atoms with Crippen molar-refractivity contribution in [3.8, 4) is 5.75 Å². The summed E-state index contributed by atoms with van der Waals surface area (Å²) in [5.74, 6) is 0.155. The van der Waals surface area contributed by atoms with Crippen LogP contribution >= 0.6 is 32.6 Å². The van der Waals surface area contributed by atoms with Crippen molar-refractivity contribution in [1.82, 2.24) is 0 Å². The van der Waals surface area contributed by atoms with Crippen LogP contribution in [0, 0.1) is 0 Å². The van der Waals surface area contributed by atoms with Crippen molar-refractivity contribution in [2.75, 3.05) is 18.4 Å². The van der Waals surface area contributed by atoms with Gasteiger partial charge in [-0.05, 0) is 12.1 Å². The molecule has 5 N–H and O–H groups in total. The Morgan fingerprint density at radius 1 is 1.10 bits per heavy atom. The molecule has 21 heavy (non-hydrogen) atoms. The van der Waals surface area contributed by atoms with Crippen LogP contribution in [0.1, 0.15) is 0 Å². The van der Waals surface area contributed by atoms with Gasteiger partial charge in [-0.3, -0.25) is 9.79 Å². The molecule has 0 saturated carbocycles. The number of hydrogen-bond acceptors (Lipinski definition) is 4. The van der Waals surface area contributed by atoms with Crippen LogP contribution in [-0.4, -0.2) is 22.9 Å². The summed E-state index contributed by atoms with van der Waals surface area (Å²) >= 11 is 0. The topological polar surface area (TPSA) is 105 Å². The van der Waals surface area contributed by atoms with E-state index < -0.39 is 7.82 Å². The standard InChI is InChI=1S/C12H15N2O4P.2ClH/c13-7-8-14-11-5-1-4-10-9(11)3-2-6-12(10)18-19(15,16)17;;/h1-6,14H,7-8,13H2,(H2,15,16,17);2*1H. The van der Waals surface area contributed by atoms with E-state index in [4.69, 9.17) is 15.5 Å². The Morgan fingerprint density at radius 2 is 1.71 bits per heavy atom. The molecule has 2 aromatic rings. The zero-order valence-corrected chi connectivity index (χ0v) is 13.5. The molecule has 2 rings (SSSR count). The molecule has 9 heteroatoms. The maximum absolute atomic E-state index is 10.9. The first-order valence-electron chi connectivity index (χ1n) is 5.72. The van der Waals surface area contributed by atoms with E-state index in [1.165, 1.54) is 6.07 Å². The third kappa shape index (κ3) is 5.36. The molecular formula is C12H17Cl2N2O4P. The zero-order chi connectivity index (χ0) is 13.9. The highest BCUT2D eigenvalue weighted by Gasteiger charge is 2.17. The summed E-state index contributed by atoms with van der Waals surface area (Å²) in [7, 11) is -4.57. The number of fused-ring (bicyclic) bond motifs is 1. The van der Waals surface area contributed by atoms with Gasteiger partial charge in [-0.2, -0.15) is 0 Å². The monoisotopic (exact) mass is 354 g/mol. The molecule has 118 valence electrons. The minimum absolute atomic E-state index is 0. The van der Waals surface area contributed by atoms with Crippen molar-refractivity contribution in [3.63, 3.8) is 0 Å². The molecule has 0 aliphatic heterocycles. The average Bonchev–Trinajstić information content (AvgIpc) is 2.35. The van der Waals surface area contributed by atoms with Crippen molar-refractivity contribution >= 4 is 49.1 Å². The van der Waals surface area contributed by atoms with E-state index in [1.54, 1.807) is 18.2 Å². The molecule has 0 bridgehead atoms. The normalized spacial score (nSPS) is 10.4. The Kier molecular flexibility index (Phi) is 8.03. The molecule has 6 nitrogen and oxygen atoms in total. The number of nitrogens with one attached hydrogen (secondary N) is 1. The van der Waals surface area contributed by atoms with Gasteiger partial charge in [0.1, 0.15) is 5.75 Å². The van der Waals surface area contributed by atoms with E-state index >= 15 is 0 Å². The van der Waals surface area contributed by atoms with Crippen molar-refractivity contribution in [2.24, 2.45) is 5.73 Å². The fourth-order valence-electron chi connectivity index (χ4n) is 1.85. The molecule has 2 aromatic carbocycles. The van der Waals surface area contributed by atoms with Crippen molar-refractivity contribution in [2.45, 2.75) is 0 Å². The lowest BCUT2D eigenvalue weighted by Crippen LogP contribution is -2.13. The number of halogens is 2. The molecule has 0 amide bonds. The number of benzene rings is 2. The van der Waals surface area contributed by atoms with Gasteiger partial charge in [-0.1, -0.05) is 24.3 Å². The number of phosphoric acid groups is 1. The Balaban J connectivity index is 0.00000200. The third-order valence-electron chi connectivity index (χ3n) is 2.56. The molecule has 0 aliphatic carbocycles. The first-order chi connectivity index (χ1) is 9.01.